The van der Waals surface area contributed by atoms with Gasteiger partial charge in [-0.2, -0.15) is 0 Å². The van der Waals surface area contributed by atoms with Crippen LogP contribution in [0.5, 0.6) is 0 Å². The molecule has 2 rings (SSSR count). The van der Waals surface area contributed by atoms with E-state index in [1.165, 1.54) is 12.1 Å². The number of benzene rings is 1. The van der Waals surface area contributed by atoms with Crippen LogP contribution in [0.25, 0.3) is 0 Å². The van der Waals surface area contributed by atoms with Crippen molar-refractivity contribution in [1.29, 1.82) is 0 Å². The number of aryl methyl sites for hydroxylation is 1. The summed E-state index contributed by atoms with van der Waals surface area (Å²) in [5.74, 6) is 0. The van der Waals surface area contributed by atoms with Crippen molar-refractivity contribution in [3.05, 3.63) is 57.9 Å². The summed E-state index contributed by atoms with van der Waals surface area (Å²) in [5, 5.41) is 13.8. The Morgan fingerprint density at radius 3 is 2.84 bits per heavy atom. The van der Waals surface area contributed by atoms with Gasteiger partial charge in [-0.15, -0.1) is 0 Å². The molecule has 6 heteroatoms. The van der Waals surface area contributed by atoms with E-state index in [1.807, 2.05) is 13.0 Å². The maximum absolute atomic E-state index is 10.6. The summed E-state index contributed by atoms with van der Waals surface area (Å²) < 4.78 is 0. The van der Waals surface area contributed by atoms with Gasteiger partial charge in [0.1, 0.15) is 0 Å². The lowest BCUT2D eigenvalue weighted by Crippen LogP contribution is -2.04. The monoisotopic (exact) mass is 258 g/mol. The summed E-state index contributed by atoms with van der Waals surface area (Å²) >= 11 is 0. The highest BCUT2D eigenvalue weighted by Crippen LogP contribution is 2.24. The topological polar surface area (TPSA) is 94.1 Å². The number of nitrogens with two attached hydrogens (primary N) is 1. The zero-order chi connectivity index (χ0) is 13.8. The molecule has 0 spiro atoms. The molecule has 3 N–H and O–H groups in total. The van der Waals surface area contributed by atoms with E-state index in [4.69, 9.17) is 5.73 Å². The second-order valence-electron chi connectivity index (χ2n) is 4.18. The van der Waals surface area contributed by atoms with E-state index in [0.717, 1.165) is 11.1 Å². The molecule has 0 atom stereocenters. The summed E-state index contributed by atoms with van der Waals surface area (Å²) in [7, 11) is 0. The first kappa shape index (κ1) is 12.8. The Morgan fingerprint density at radius 2 is 2.21 bits per heavy atom. The molecule has 0 aliphatic heterocycles. The molecule has 0 aliphatic carbocycles. The number of rotatable bonds is 4. The van der Waals surface area contributed by atoms with Gasteiger partial charge in [0.2, 0.25) is 0 Å². The van der Waals surface area contributed by atoms with Crippen LogP contribution in [0.1, 0.15) is 11.1 Å². The molecule has 0 fully saturated rings. The molecule has 0 aliphatic rings. The Bertz CT molecular complexity index is 613. The first-order valence-electron chi connectivity index (χ1n) is 5.75. The number of nitrogens with zero attached hydrogens (tertiary/aromatic N) is 2. The van der Waals surface area contributed by atoms with Crippen LogP contribution in [0, 0.1) is 17.0 Å². The van der Waals surface area contributed by atoms with E-state index in [9.17, 15) is 10.1 Å². The zero-order valence-corrected chi connectivity index (χ0v) is 10.5. The number of nitro groups is 1. The van der Waals surface area contributed by atoms with E-state index < -0.39 is 4.92 Å². The summed E-state index contributed by atoms with van der Waals surface area (Å²) in [4.78, 5) is 14.2. The van der Waals surface area contributed by atoms with Gasteiger partial charge in [0, 0.05) is 31.1 Å². The fourth-order valence-electron chi connectivity index (χ4n) is 1.70. The molecule has 19 heavy (non-hydrogen) atoms. The number of hydrogen-bond acceptors (Lipinski definition) is 5. The lowest BCUT2D eigenvalue weighted by Gasteiger charge is -2.10. The number of anilines is 2. The highest BCUT2D eigenvalue weighted by atomic mass is 16.6. The third-order valence-electron chi connectivity index (χ3n) is 2.86. The average Bonchev–Trinajstić information content (AvgIpc) is 2.39. The molecule has 0 amide bonds. The van der Waals surface area contributed by atoms with E-state index in [0.29, 0.717) is 17.9 Å². The molecule has 0 saturated carbocycles. The fraction of sp³-hybridized carbons (Fsp3) is 0.154. The second-order valence-corrected chi connectivity index (χ2v) is 4.18. The van der Waals surface area contributed by atoms with E-state index >= 15 is 0 Å². The van der Waals surface area contributed by atoms with E-state index in [1.54, 1.807) is 18.5 Å². The van der Waals surface area contributed by atoms with Crippen molar-refractivity contribution in [3.8, 4) is 0 Å². The van der Waals surface area contributed by atoms with Gasteiger partial charge in [0.15, 0.2) is 0 Å². The third-order valence-corrected chi connectivity index (χ3v) is 2.86. The van der Waals surface area contributed by atoms with Crippen LogP contribution in [-0.4, -0.2) is 9.91 Å². The number of non-ortho nitro benzene ring substituents is 1. The van der Waals surface area contributed by atoms with Crippen molar-refractivity contribution in [2.45, 2.75) is 13.5 Å². The Balaban J connectivity index is 2.12. The van der Waals surface area contributed by atoms with Gasteiger partial charge in [0.25, 0.3) is 5.69 Å². The minimum absolute atomic E-state index is 0.0133. The highest BCUT2D eigenvalue weighted by molar-refractivity contribution is 5.69. The molecule has 6 nitrogen and oxygen atoms in total. The summed E-state index contributed by atoms with van der Waals surface area (Å²) in [5.41, 5.74) is 8.98. The fourth-order valence-corrected chi connectivity index (χ4v) is 1.70. The van der Waals surface area contributed by atoms with Crippen molar-refractivity contribution >= 4 is 17.1 Å². The molecular weight excluding hydrogens is 244 g/mol. The summed E-state index contributed by atoms with van der Waals surface area (Å²) in [6.07, 6.45) is 3.52. The minimum Gasteiger partial charge on any atom is -0.397 e. The first-order chi connectivity index (χ1) is 9.08. The second kappa shape index (κ2) is 5.34. The standard InChI is InChI=1S/C13H14N4O2/c1-9-4-5-15-7-10(9)8-16-13-3-2-11(17(18)19)6-12(13)14/h2-7,16H,8,14H2,1H3. The normalized spacial score (nSPS) is 10.2. The van der Waals surface area contributed by atoms with Gasteiger partial charge in [-0.1, -0.05) is 0 Å². The molecule has 1 aromatic carbocycles. The van der Waals surface area contributed by atoms with Crippen molar-refractivity contribution in [2.24, 2.45) is 0 Å². The van der Waals surface area contributed by atoms with Crippen LogP contribution >= 0.6 is 0 Å². The maximum atomic E-state index is 10.6. The van der Waals surface area contributed by atoms with Crippen LogP contribution in [-0.2, 0) is 6.54 Å². The SMILES string of the molecule is Cc1ccncc1CNc1ccc([N+](=O)[O-])cc1N. The Kier molecular flexibility index (Phi) is 3.61. The minimum atomic E-state index is -0.467. The smallest absolute Gasteiger partial charge is 0.271 e. The maximum Gasteiger partial charge on any atom is 0.271 e. The highest BCUT2D eigenvalue weighted by Gasteiger charge is 2.08. The summed E-state index contributed by atoms with van der Waals surface area (Å²) in [6, 6.07) is 6.31. The molecule has 0 bridgehead atoms. The van der Waals surface area contributed by atoms with Crippen LogP contribution < -0.4 is 11.1 Å². The predicted molar refractivity (Wildman–Crippen MR) is 73.8 cm³/mol. The van der Waals surface area contributed by atoms with Crippen LogP contribution in [0.2, 0.25) is 0 Å². The van der Waals surface area contributed by atoms with Crippen LogP contribution in [0.15, 0.2) is 36.7 Å². The molecule has 0 unspecified atom stereocenters. The number of hydrogen-bond donors (Lipinski definition) is 2. The van der Waals surface area contributed by atoms with Crippen LogP contribution in [0.4, 0.5) is 17.1 Å². The number of pyridine rings is 1. The molecule has 1 heterocycles. The molecule has 2 aromatic rings. The van der Waals surface area contributed by atoms with E-state index in [2.05, 4.69) is 10.3 Å². The van der Waals surface area contributed by atoms with Gasteiger partial charge in [-0.3, -0.25) is 15.1 Å². The Morgan fingerprint density at radius 1 is 1.42 bits per heavy atom. The van der Waals surface area contributed by atoms with Gasteiger partial charge < -0.3 is 11.1 Å². The molecule has 0 saturated heterocycles. The Hall–Kier alpha value is -2.63. The van der Waals surface area contributed by atoms with Crippen molar-refractivity contribution in [2.75, 3.05) is 11.1 Å². The van der Waals surface area contributed by atoms with Gasteiger partial charge in [-0.05, 0) is 30.2 Å². The third kappa shape index (κ3) is 2.98. The predicted octanol–water partition coefficient (Wildman–Crippen LogP) is 2.49. The zero-order valence-electron chi connectivity index (χ0n) is 10.5. The first-order valence-corrected chi connectivity index (χ1v) is 5.75. The van der Waals surface area contributed by atoms with Crippen molar-refractivity contribution in [1.82, 2.24) is 4.98 Å². The number of aromatic nitrogens is 1. The quantitative estimate of drug-likeness (QED) is 0.499. The lowest BCUT2D eigenvalue weighted by atomic mass is 10.1. The lowest BCUT2D eigenvalue weighted by molar-refractivity contribution is -0.384. The molecule has 1 aromatic heterocycles. The average molecular weight is 258 g/mol. The Labute approximate surface area is 110 Å². The van der Waals surface area contributed by atoms with Crippen LogP contribution in [0.3, 0.4) is 0 Å². The number of nitrogen functional groups attached to an aromatic ring is 1. The largest absolute Gasteiger partial charge is 0.397 e. The molecule has 0 radical (unpaired) electrons. The van der Waals surface area contributed by atoms with Gasteiger partial charge >= 0.3 is 0 Å². The van der Waals surface area contributed by atoms with E-state index in [-0.39, 0.29) is 5.69 Å². The number of nitrogens with one attached hydrogen (secondary N) is 1. The molecule has 98 valence electrons. The van der Waals surface area contributed by atoms with Gasteiger partial charge in [0.05, 0.1) is 16.3 Å². The van der Waals surface area contributed by atoms with Crippen molar-refractivity contribution in [3.63, 3.8) is 0 Å². The van der Waals surface area contributed by atoms with Crippen molar-refractivity contribution < 1.29 is 4.92 Å². The van der Waals surface area contributed by atoms with Gasteiger partial charge in [-0.25, -0.2) is 0 Å². The number of nitro benzene ring substituents is 1. The summed E-state index contributed by atoms with van der Waals surface area (Å²) in [6.45, 7) is 2.57. The molecular formula is C13H14N4O2.